The number of piperidine rings is 1. The van der Waals surface area contributed by atoms with Crippen molar-refractivity contribution in [1.82, 2.24) is 15.1 Å². The van der Waals surface area contributed by atoms with Crippen LogP contribution in [0.25, 0.3) is 0 Å². The fourth-order valence-electron chi connectivity index (χ4n) is 3.98. The van der Waals surface area contributed by atoms with Gasteiger partial charge in [0, 0.05) is 32.3 Å². The summed E-state index contributed by atoms with van der Waals surface area (Å²) in [6.07, 6.45) is 2.02. The maximum Gasteiger partial charge on any atom is 0.275 e. The molecule has 8 heteroatoms. The monoisotopic (exact) mass is 412 g/mol. The number of piperazine rings is 1. The molecule has 1 N–H and O–H groups in total. The number of hydrogen-bond acceptors (Lipinski definition) is 6. The summed E-state index contributed by atoms with van der Waals surface area (Å²) in [5, 5.41) is 15.0. The van der Waals surface area contributed by atoms with Crippen LogP contribution in [0.15, 0.2) is 24.3 Å². The highest BCUT2D eigenvalue weighted by Crippen LogP contribution is 2.45. The van der Waals surface area contributed by atoms with Crippen LogP contribution in [0.1, 0.15) is 18.4 Å². The maximum absolute atomic E-state index is 11.6. The molecule has 2 fully saturated rings. The van der Waals surface area contributed by atoms with E-state index in [1.54, 1.807) is 19.2 Å². The van der Waals surface area contributed by atoms with Gasteiger partial charge in [-0.25, -0.2) is 0 Å². The summed E-state index contributed by atoms with van der Waals surface area (Å²) >= 11 is 3.93. The smallest absolute Gasteiger partial charge is 0.275 e. The Morgan fingerprint density at radius 2 is 2.04 bits per heavy atom. The van der Waals surface area contributed by atoms with Crippen molar-refractivity contribution >= 4 is 21.6 Å². The Labute approximate surface area is 156 Å². The van der Waals surface area contributed by atoms with Crippen LogP contribution in [-0.4, -0.2) is 67.3 Å². The molecule has 2 saturated heterocycles. The number of para-hydroxylation sites is 1. The fourth-order valence-corrected chi connectivity index (χ4v) is 5.15. The van der Waals surface area contributed by atoms with Gasteiger partial charge in [-0.3, -0.25) is 19.9 Å². The molecule has 0 radical (unpaired) electrons. The summed E-state index contributed by atoms with van der Waals surface area (Å²) in [5.41, 5.74) is 0.863. The number of nitro benzene ring substituents is 1. The second-order valence-electron chi connectivity index (χ2n) is 6.77. The van der Waals surface area contributed by atoms with Gasteiger partial charge in [0.25, 0.3) is 5.69 Å². The van der Waals surface area contributed by atoms with Gasteiger partial charge < -0.3 is 10.1 Å². The molecule has 2 aliphatic heterocycles. The Morgan fingerprint density at radius 1 is 1.36 bits per heavy atom. The highest BCUT2D eigenvalue weighted by Gasteiger charge is 2.49. The first-order valence-corrected chi connectivity index (χ1v) is 9.40. The van der Waals surface area contributed by atoms with E-state index in [4.69, 9.17) is 4.74 Å². The minimum atomic E-state index is -0.609. The molecule has 3 rings (SSSR count). The standard InChI is InChI=1S/C17H25BrN4O3/c1-20-12-17(18,14-5-3-4-6-15(14)22(23)24)21(11-16(20)25-2)13-7-9-19-10-8-13/h3-6,13,16,19H,7-12H2,1-2H3. The summed E-state index contributed by atoms with van der Waals surface area (Å²) in [7, 11) is 3.71. The molecule has 0 spiro atoms. The van der Waals surface area contributed by atoms with Gasteiger partial charge in [-0.15, -0.1) is 0 Å². The van der Waals surface area contributed by atoms with Crippen molar-refractivity contribution in [2.24, 2.45) is 0 Å². The third-order valence-electron chi connectivity index (χ3n) is 5.29. The maximum atomic E-state index is 11.6. The number of methoxy groups -OCH3 is 1. The fraction of sp³-hybridized carbons (Fsp3) is 0.647. The van der Waals surface area contributed by atoms with Crippen LogP contribution in [-0.2, 0) is 9.19 Å². The Kier molecular flexibility index (Phi) is 5.75. The average molecular weight is 413 g/mol. The number of alkyl halides is 1. The zero-order chi connectivity index (χ0) is 18.0. The predicted molar refractivity (Wildman–Crippen MR) is 99.7 cm³/mol. The quantitative estimate of drug-likeness (QED) is 0.353. The minimum Gasteiger partial charge on any atom is -0.365 e. The molecular formula is C17H25BrN4O3. The summed E-state index contributed by atoms with van der Waals surface area (Å²) < 4.78 is 5.04. The number of halogens is 1. The van der Waals surface area contributed by atoms with Crippen LogP contribution in [0.3, 0.4) is 0 Å². The van der Waals surface area contributed by atoms with E-state index < -0.39 is 4.45 Å². The van der Waals surface area contributed by atoms with E-state index in [0.29, 0.717) is 24.7 Å². The Hall–Kier alpha value is -1.06. The van der Waals surface area contributed by atoms with E-state index in [1.165, 1.54) is 0 Å². The van der Waals surface area contributed by atoms with E-state index in [9.17, 15) is 10.1 Å². The summed E-state index contributed by atoms with van der Waals surface area (Å²) in [5.74, 6) is 0. The lowest BCUT2D eigenvalue weighted by Crippen LogP contribution is -2.64. The SMILES string of the molecule is COC1CN(C2CCNCC2)C(Br)(c2ccccc2[N+](=O)[O-])CN1C. The highest BCUT2D eigenvalue weighted by atomic mass is 79.9. The van der Waals surface area contributed by atoms with E-state index >= 15 is 0 Å². The van der Waals surface area contributed by atoms with Crippen molar-refractivity contribution < 1.29 is 9.66 Å². The lowest BCUT2D eigenvalue weighted by molar-refractivity contribution is -0.386. The normalized spacial score (nSPS) is 29.6. The molecule has 138 valence electrons. The molecule has 2 heterocycles. The number of hydrogen-bond donors (Lipinski definition) is 1. The number of nitrogens with one attached hydrogen (secondary N) is 1. The van der Waals surface area contributed by atoms with Crippen molar-refractivity contribution in [1.29, 1.82) is 0 Å². The predicted octanol–water partition coefficient (Wildman–Crippen LogP) is 2.11. The van der Waals surface area contributed by atoms with E-state index in [0.717, 1.165) is 25.9 Å². The second-order valence-corrected chi connectivity index (χ2v) is 8.08. The van der Waals surface area contributed by atoms with Gasteiger partial charge in [0.15, 0.2) is 0 Å². The Bertz CT molecular complexity index is 626. The second kappa shape index (κ2) is 7.67. The van der Waals surface area contributed by atoms with Gasteiger partial charge in [0.1, 0.15) is 10.7 Å². The molecule has 0 amide bonds. The zero-order valence-corrected chi connectivity index (χ0v) is 16.2. The van der Waals surface area contributed by atoms with E-state index in [1.807, 2.05) is 19.2 Å². The van der Waals surface area contributed by atoms with Crippen molar-refractivity contribution in [3.63, 3.8) is 0 Å². The summed E-state index contributed by atoms with van der Waals surface area (Å²) in [4.78, 5) is 15.8. The zero-order valence-electron chi connectivity index (χ0n) is 14.7. The lowest BCUT2D eigenvalue weighted by Gasteiger charge is -2.53. The van der Waals surface area contributed by atoms with Crippen molar-refractivity contribution in [3.05, 3.63) is 39.9 Å². The first kappa shape index (κ1) is 18.7. The molecule has 1 aromatic carbocycles. The van der Waals surface area contributed by atoms with Crippen LogP contribution in [0.4, 0.5) is 5.69 Å². The molecule has 0 saturated carbocycles. The van der Waals surface area contributed by atoms with Crippen molar-refractivity contribution in [2.45, 2.75) is 29.6 Å². The van der Waals surface area contributed by atoms with E-state index in [-0.39, 0.29) is 16.8 Å². The van der Waals surface area contributed by atoms with Gasteiger partial charge in [-0.1, -0.05) is 28.1 Å². The van der Waals surface area contributed by atoms with Gasteiger partial charge in [-0.05, 0) is 39.0 Å². The number of nitrogens with zero attached hydrogens (tertiary/aromatic N) is 3. The molecule has 2 aliphatic rings. The van der Waals surface area contributed by atoms with Crippen LogP contribution in [0.5, 0.6) is 0 Å². The average Bonchev–Trinajstić information content (AvgIpc) is 2.62. The van der Waals surface area contributed by atoms with Gasteiger partial charge in [0.2, 0.25) is 0 Å². The number of benzene rings is 1. The molecular weight excluding hydrogens is 388 g/mol. The molecule has 0 aromatic heterocycles. The molecule has 2 atom stereocenters. The molecule has 25 heavy (non-hydrogen) atoms. The third-order valence-corrected chi connectivity index (χ3v) is 6.43. The number of ether oxygens (including phenoxy) is 1. The minimum absolute atomic E-state index is 0.0247. The first-order valence-electron chi connectivity index (χ1n) is 8.60. The third kappa shape index (κ3) is 3.59. The van der Waals surface area contributed by atoms with Crippen molar-refractivity contribution in [3.8, 4) is 0 Å². The Morgan fingerprint density at radius 3 is 2.68 bits per heavy atom. The van der Waals surface area contributed by atoms with Gasteiger partial charge in [0.05, 0.1) is 10.5 Å². The largest absolute Gasteiger partial charge is 0.365 e. The number of likely N-dealkylation sites (N-methyl/N-ethyl adjacent to an activating group) is 1. The Balaban J connectivity index is 2.03. The molecule has 2 unspecified atom stereocenters. The molecule has 1 aromatic rings. The van der Waals surface area contributed by atoms with Gasteiger partial charge in [-0.2, -0.15) is 0 Å². The van der Waals surface area contributed by atoms with E-state index in [2.05, 4.69) is 31.0 Å². The number of nitro groups is 1. The molecule has 7 nitrogen and oxygen atoms in total. The van der Waals surface area contributed by atoms with Crippen LogP contribution < -0.4 is 5.32 Å². The summed E-state index contributed by atoms with van der Waals surface area (Å²) in [6, 6.07) is 7.39. The lowest BCUT2D eigenvalue weighted by atomic mass is 9.94. The summed E-state index contributed by atoms with van der Waals surface area (Å²) in [6.45, 7) is 3.25. The van der Waals surface area contributed by atoms with Crippen molar-refractivity contribution in [2.75, 3.05) is 40.3 Å². The number of rotatable bonds is 4. The van der Waals surface area contributed by atoms with Crippen LogP contribution >= 0.6 is 15.9 Å². The van der Waals surface area contributed by atoms with Crippen LogP contribution in [0.2, 0.25) is 0 Å². The topological polar surface area (TPSA) is 70.9 Å². The molecule has 0 bridgehead atoms. The van der Waals surface area contributed by atoms with Crippen LogP contribution in [0, 0.1) is 10.1 Å². The van der Waals surface area contributed by atoms with Gasteiger partial charge >= 0.3 is 0 Å². The first-order chi connectivity index (χ1) is 12.0. The highest BCUT2D eigenvalue weighted by molar-refractivity contribution is 9.09. The molecule has 0 aliphatic carbocycles.